The third-order valence-electron chi connectivity index (χ3n) is 5.48. The third-order valence-corrected chi connectivity index (χ3v) is 6.01. The lowest BCUT2D eigenvalue weighted by Crippen LogP contribution is -2.29. The van der Waals surface area contributed by atoms with Gasteiger partial charge >= 0.3 is 0 Å². The molecule has 1 aliphatic carbocycles. The molecule has 0 bridgehead atoms. The Balaban J connectivity index is 1.39. The Morgan fingerprint density at radius 1 is 1.21 bits per heavy atom. The summed E-state index contributed by atoms with van der Waals surface area (Å²) in [5.41, 5.74) is 1.45. The largest absolute Gasteiger partial charge is 0.354 e. The Bertz CT molecular complexity index is 1050. The van der Waals surface area contributed by atoms with Gasteiger partial charge in [0, 0.05) is 17.4 Å². The van der Waals surface area contributed by atoms with Gasteiger partial charge in [-0.2, -0.15) is 5.10 Å². The summed E-state index contributed by atoms with van der Waals surface area (Å²) in [6, 6.07) is 7.84. The quantitative estimate of drug-likeness (QED) is 0.590. The molecule has 4 rings (SSSR count). The molecule has 2 aromatic heterocycles. The molecule has 8 heteroatoms. The van der Waals surface area contributed by atoms with Crippen LogP contribution >= 0.6 is 15.9 Å². The van der Waals surface area contributed by atoms with Crippen molar-refractivity contribution in [3.8, 4) is 0 Å². The van der Waals surface area contributed by atoms with Crippen LogP contribution in [0.4, 0.5) is 0 Å². The van der Waals surface area contributed by atoms with Gasteiger partial charge in [0.15, 0.2) is 5.65 Å². The van der Waals surface area contributed by atoms with Crippen LogP contribution in [-0.2, 0) is 17.9 Å². The summed E-state index contributed by atoms with van der Waals surface area (Å²) in [6.07, 6.45) is 8.53. The van der Waals surface area contributed by atoms with Gasteiger partial charge in [-0.25, -0.2) is 9.67 Å². The van der Waals surface area contributed by atoms with E-state index in [1.165, 1.54) is 12.8 Å². The van der Waals surface area contributed by atoms with Crippen molar-refractivity contribution in [2.75, 3.05) is 6.54 Å². The normalized spacial score (nSPS) is 14.5. The van der Waals surface area contributed by atoms with Crippen LogP contribution < -0.4 is 10.9 Å². The summed E-state index contributed by atoms with van der Waals surface area (Å²) in [5, 5.41) is 7.75. The van der Waals surface area contributed by atoms with Crippen LogP contribution in [0.1, 0.15) is 37.7 Å². The second kappa shape index (κ2) is 8.90. The van der Waals surface area contributed by atoms with Crippen LogP contribution in [-0.4, -0.2) is 31.8 Å². The monoisotopic (exact) mass is 457 g/mol. The van der Waals surface area contributed by atoms with Crippen molar-refractivity contribution >= 4 is 32.9 Å². The van der Waals surface area contributed by atoms with Crippen molar-refractivity contribution in [1.29, 1.82) is 0 Å². The standard InChI is InChI=1S/C21H24BrN5O2/c22-17-7-5-16(6-8-17)13-26-14-24-20-18(21(26)29)12-25-27(20)10-9-23-19(28)11-15-3-1-2-4-15/h5-8,12,14-15H,1-4,9-11,13H2,(H,23,28). The van der Waals surface area contributed by atoms with Crippen LogP contribution in [0.25, 0.3) is 11.0 Å². The fourth-order valence-electron chi connectivity index (χ4n) is 3.91. The Morgan fingerprint density at radius 3 is 2.72 bits per heavy atom. The van der Waals surface area contributed by atoms with E-state index in [9.17, 15) is 9.59 Å². The van der Waals surface area contributed by atoms with Crippen molar-refractivity contribution in [3.05, 3.63) is 57.2 Å². The van der Waals surface area contributed by atoms with E-state index in [2.05, 4.69) is 31.3 Å². The number of carbonyl (C=O) groups is 1. The highest BCUT2D eigenvalue weighted by atomic mass is 79.9. The zero-order valence-electron chi connectivity index (χ0n) is 16.2. The number of fused-ring (bicyclic) bond motifs is 1. The van der Waals surface area contributed by atoms with Gasteiger partial charge in [-0.3, -0.25) is 14.2 Å². The van der Waals surface area contributed by atoms with Gasteiger partial charge in [-0.05, 0) is 36.5 Å². The molecule has 1 N–H and O–H groups in total. The molecule has 1 fully saturated rings. The van der Waals surface area contributed by atoms with Crippen LogP contribution in [0.15, 0.2) is 46.1 Å². The van der Waals surface area contributed by atoms with Crippen LogP contribution in [0.2, 0.25) is 0 Å². The topological polar surface area (TPSA) is 81.8 Å². The third kappa shape index (κ3) is 4.75. The number of carbonyl (C=O) groups excluding carboxylic acids is 1. The summed E-state index contributed by atoms with van der Waals surface area (Å²) in [5.74, 6) is 0.629. The summed E-state index contributed by atoms with van der Waals surface area (Å²) in [4.78, 5) is 29.3. The molecule has 0 unspecified atom stereocenters. The molecule has 0 spiro atoms. The molecule has 7 nitrogen and oxygen atoms in total. The van der Waals surface area contributed by atoms with Gasteiger partial charge < -0.3 is 5.32 Å². The number of halogens is 1. The average Bonchev–Trinajstić information content (AvgIpc) is 3.36. The molecule has 0 atom stereocenters. The summed E-state index contributed by atoms with van der Waals surface area (Å²) in [6.45, 7) is 1.42. The second-order valence-corrected chi connectivity index (χ2v) is 8.53. The van der Waals surface area contributed by atoms with Crippen LogP contribution in [0, 0.1) is 5.92 Å². The highest BCUT2D eigenvalue weighted by Crippen LogP contribution is 2.27. The van der Waals surface area contributed by atoms with Crippen molar-refractivity contribution < 1.29 is 4.79 Å². The van der Waals surface area contributed by atoms with Gasteiger partial charge in [0.05, 0.1) is 19.3 Å². The van der Waals surface area contributed by atoms with Crippen LogP contribution in [0.5, 0.6) is 0 Å². The molecule has 0 aliphatic heterocycles. The highest BCUT2D eigenvalue weighted by molar-refractivity contribution is 9.10. The smallest absolute Gasteiger partial charge is 0.264 e. The first-order chi connectivity index (χ1) is 14.1. The van der Waals surface area contributed by atoms with E-state index in [-0.39, 0.29) is 11.5 Å². The molecule has 1 aliphatic rings. The maximum atomic E-state index is 12.8. The molecule has 0 radical (unpaired) electrons. The number of nitrogens with one attached hydrogen (secondary N) is 1. The lowest BCUT2D eigenvalue weighted by Gasteiger charge is -2.10. The molecule has 29 heavy (non-hydrogen) atoms. The number of nitrogens with zero attached hydrogens (tertiary/aromatic N) is 4. The number of benzene rings is 1. The lowest BCUT2D eigenvalue weighted by molar-refractivity contribution is -0.122. The Hall–Kier alpha value is -2.48. The van der Waals surface area contributed by atoms with Gasteiger partial charge in [0.25, 0.3) is 5.56 Å². The minimum Gasteiger partial charge on any atom is -0.354 e. The SMILES string of the molecule is O=C(CC1CCCC1)NCCn1ncc2c(=O)n(Cc3ccc(Br)cc3)cnc21. The lowest BCUT2D eigenvalue weighted by atomic mass is 10.0. The number of hydrogen-bond donors (Lipinski definition) is 1. The van der Waals surface area contributed by atoms with E-state index in [4.69, 9.17) is 0 Å². The van der Waals surface area contributed by atoms with E-state index in [0.717, 1.165) is 22.9 Å². The van der Waals surface area contributed by atoms with Crippen molar-refractivity contribution in [3.63, 3.8) is 0 Å². The van der Waals surface area contributed by atoms with E-state index < -0.39 is 0 Å². The first kappa shape index (κ1) is 19.8. The number of amides is 1. The van der Waals surface area contributed by atoms with Gasteiger partial charge in [0.2, 0.25) is 5.91 Å². The summed E-state index contributed by atoms with van der Waals surface area (Å²) < 4.78 is 4.26. The minimum atomic E-state index is -0.116. The van der Waals surface area contributed by atoms with E-state index in [1.807, 2.05) is 24.3 Å². The number of hydrogen-bond acceptors (Lipinski definition) is 4. The summed E-state index contributed by atoms with van der Waals surface area (Å²) in [7, 11) is 0. The second-order valence-electron chi connectivity index (χ2n) is 7.61. The van der Waals surface area contributed by atoms with Gasteiger partial charge in [-0.1, -0.05) is 40.9 Å². The molecule has 3 aromatic rings. The first-order valence-electron chi connectivity index (χ1n) is 10.0. The predicted octanol–water partition coefficient (Wildman–Crippen LogP) is 3.10. The Kier molecular flexibility index (Phi) is 6.08. The van der Waals surface area contributed by atoms with E-state index in [0.29, 0.717) is 43.0 Å². The zero-order chi connectivity index (χ0) is 20.2. The molecule has 1 aromatic carbocycles. The molecule has 2 heterocycles. The summed E-state index contributed by atoms with van der Waals surface area (Å²) >= 11 is 3.41. The Labute approximate surface area is 177 Å². The van der Waals surface area contributed by atoms with E-state index in [1.54, 1.807) is 21.8 Å². The molecule has 152 valence electrons. The highest BCUT2D eigenvalue weighted by Gasteiger charge is 2.18. The number of aromatic nitrogens is 4. The predicted molar refractivity (Wildman–Crippen MR) is 115 cm³/mol. The first-order valence-corrected chi connectivity index (χ1v) is 10.8. The zero-order valence-corrected chi connectivity index (χ0v) is 17.8. The maximum absolute atomic E-state index is 12.8. The van der Waals surface area contributed by atoms with Crippen molar-refractivity contribution in [2.45, 2.75) is 45.2 Å². The molecule has 1 amide bonds. The average molecular weight is 458 g/mol. The fraction of sp³-hybridized carbons (Fsp3) is 0.429. The van der Waals surface area contributed by atoms with Gasteiger partial charge in [-0.15, -0.1) is 0 Å². The van der Waals surface area contributed by atoms with Crippen LogP contribution in [0.3, 0.4) is 0 Å². The molecule has 0 saturated heterocycles. The van der Waals surface area contributed by atoms with Crippen molar-refractivity contribution in [2.24, 2.45) is 5.92 Å². The Morgan fingerprint density at radius 2 is 1.97 bits per heavy atom. The molecular weight excluding hydrogens is 434 g/mol. The number of rotatable bonds is 7. The van der Waals surface area contributed by atoms with E-state index >= 15 is 0 Å². The molecular formula is C21H24BrN5O2. The minimum absolute atomic E-state index is 0.0955. The van der Waals surface area contributed by atoms with Gasteiger partial charge in [0.1, 0.15) is 11.7 Å². The molecule has 1 saturated carbocycles. The fourth-order valence-corrected chi connectivity index (χ4v) is 4.17. The van der Waals surface area contributed by atoms with Crippen molar-refractivity contribution in [1.82, 2.24) is 24.6 Å². The maximum Gasteiger partial charge on any atom is 0.264 e.